The molecule has 3 heterocycles. The van der Waals surface area contributed by atoms with Gasteiger partial charge in [0, 0.05) is 13.0 Å². The Balaban J connectivity index is 1.30. The Morgan fingerprint density at radius 1 is 1.11 bits per heavy atom. The standard InChI is InChI=1S/C28H27N3O5/c1-2-26(32)31-13-12-19-10-11-21(15-23(19)27(31)20-7-4-3-5-8-20)35-18-25-30-24(17-36-25)28(33)29-16-22-9-6-14-34-22/h3-11,14-15,17,27H,2,12-13,16,18H2,1H3,(H,29,33). The fourth-order valence-corrected chi connectivity index (χ4v) is 4.45. The SMILES string of the molecule is CCC(=O)N1CCc2ccc(OCc3nc(C(=O)NCc4ccco4)co3)cc2C1c1ccccc1. The van der Waals surface area contributed by atoms with Gasteiger partial charge >= 0.3 is 0 Å². The highest BCUT2D eigenvalue weighted by molar-refractivity contribution is 5.91. The number of amides is 2. The summed E-state index contributed by atoms with van der Waals surface area (Å²) < 4.78 is 16.6. The third kappa shape index (κ3) is 5.02. The maximum Gasteiger partial charge on any atom is 0.273 e. The quantitative estimate of drug-likeness (QED) is 0.390. The molecule has 5 rings (SSSR count). The van der Waals surface area contributed by atoms with Crippen molar-refractivity contribution in [2.75, 3.05) is 6.54 Å². The first-order chi connectivity index (χ1) is 17.6. The van der Waals surface area contributed by atoms with Crippen molar-refractivity contribution in [2.45, 2.75) is 39.0 Å². The molecule has 0 radical (unpaired) electrons. The minimum atomic E-state index is -0.360. The molecule has 4 aromatic rings. The van der Waals surface area contributed by atoms with Gasteiger partial charge in [0.25, 0.3) is 5.91 Å². The van der Waals surface area contributed by atoms with E-state index in [1.54, 1.807) is 18.4 Å². The van der Waals surface area contributed by atoms with Crippen LogP contribution in [0.2, 0.25) is 0 Å². The van der Waals surface area contributed by atoms with E-state index < -0.39 is 0 Å². The summed E-state index contributed by atoms with van der Waals surface area (Å²) in [5.74, 6) is 1.34. The molecule has 1 unspecified atom stereocenters. The number of benzene rings is 2. The van der Waals surface area contributed by atoms with Crippen LogP contribution in [0.4, 0.5) is 0 Å². The summed E-state index contributed by atoms with van der Waals surface area (Å²) in [6.45, 7) is 2.90. The van der Waals surface area contributed by atoms with E-state index in [2.05, 4.69) is 28.5 Å². The molecule has 8 heteroatoms. The van der Waals surface area contributed by atoms with Crippen LogP contribution in [0, 0.1) is 0 Å². The Bertz CT molecular complexity index is 1330. The molecule has 1 N–H and O–H groups in total. The van der Waals surface area contributed by atoms with Crippen molar-refractivity contribution in [3.8, 4) is 5.75 Å². The minimum absolute atomic E-state index is 0.0673. The van der Waals surface area contributed by atoms with Crippen molar-refractivity contribution in [2.24, 2.45) is 0 Å². The maximum atomic E-state index is 12.8. The first-order valence-corrected chi connectivity index (χ1v) is 12.0. The van der Waals surface area contributed by atoms with Crippen molar-refractivity contribution < 1.29 is 23.2 Å². The second kappa shape index (κ2) is 10.5. The summed E-state index contributed by atoms with van der Waals surface area (Å²) in [7, 11) is 0. The van der Waals surface area contributed by atoms with E-state index in [1.165, 1.54) is 11.8 Å². The van der Waals surface area contributed by atoms with Crippen molar-refractivity contribution in [3.05, 3.63) is 107 Å². The lowest BCUT2D eigenvalue weighted by Crippen LogP contribution is -2.40. The van der Waals surface area contributed by atoms with E-state index in [-0.39, 0.29) is 36.7 Å². The number of nitrogens with zero attached hydrogens (tertiary/aromatic N) is 2. The van der Waals surface area contributed by atoms with Crippen LogP contribution in [0.25, 0.3) is 0 Å². The number of fused-ring (bicyclic) bond motifs is 1. The number of ether oxygens (including phenoxy) is 1. The van der Waals surface area contributed by atoms with E-state index in [9.17, 15) is 9.59 Å². The number of rotatable bonds is 8. The van der Waals surface area contributed by atoms with Crippen LogP contribution in [0.3, 0.4) is 0 Å². The van der Waals surface area contributed by atoms with E-state index in [4.69, 9.17) is 13.6 Å². The zero-order chi connectivity index (χ0) is 24.9. The molecular weight excluding hydrogens is 458 g/mol. The molecule has 0 fully saturated rings. The first kappa shape index (κ1) is 23.4. The summed E-state index contributed by atoms with van der Waals surface area (Å²) in [5.41, 5.74) is 3.49. The average molecular weight is 486 g/mol. The van der Waals surface area contributed by atoms with Gasteiger partial charge in [-0.25, -0.2) is 4.98 Å². The predicted octanol–water partition coefficient (Wildman–Crippen LogP) is 4.66. The minimum Gasteiger partial charge on any atom is -0.484 e. The molecule has 2 amide bonds. The molecule has 0 saturated heterocycles. The molecule has 184 valence electrons. The van der Waals surface area contributed by atoms with Crippen LogP contribution >= 0.6 is 0 Å². The topological polar surface area (TPSA) is 97.8 Å². The summed E-state index contributed by atoms with van der Waals surface area (Å²) in [4.78, 5) is 31.3. The lowest BCUT2D eigenvalue weighted by Gasteiger charge is -2.38. The van der Waals surface area contributed by atoms with Crippen molar-refractivity contribution >= 4 is 11.8 Å². The van der Waals surface area contributed by atoms with Crippen LogP contribution in [-0.4, -0.2) is 28.2 Å². The number of carbonyl (C=O) groups is 2. The highest BCUT2D eigenvalue weighted by Crippen LogP contribution is 2.37. The van der Waals surface area contributed by atoms with Crippen LogP contribution in [-0.2, 0) is 24.4 Å². The normalized spacial score (nSPS) is 14.8. The number of hydrogen-bond donors (Lipinski definition) is 1. The molecule has 1 atom stereocenters. The average Bonchev–Trinajstić information content (AvgIpc) is 3.62. The van der Waals surface area contributed by atoms with Gasteiger partial charge in [-0.2, -0.15) is 0 Å². The van der Waals surface area contributed by atoms with Gasteiger partial charge in [-0.1, -0.05) is 43.3 Å². The third-order valence-corrected chi connectivity index (χ3v) is 6.23. The maximum absolute atomic E-state index is 12.8. The second-order valence-electron chi connectivity index (χ2n) is 8.54. The number of nitrogens with one attached hydrogen (secondary N) is 1. The van der Waals surface area contributed by atoms with Crippen LogP contribution in [0.5, 0.6) is 5.75 Å². The Morgan fingerprint density at radius 3 is 2.75 bits per heavy atom. The van der Waals surface area contributed by atoms with Gasteiger partial charge in [0.05, 0.1) is 18.8 Å². The van der Waals surface area contributed by atoms with E-state index in [1.807, 2.05) is 42.2 Å². The smallest absolute Gasteiger partial charge is 0.273 e. The predicted molar refractivity (Wildman–Crippen MR) is 131 cm³/mol. The molecule has 1 aliphatic rings. The highest BCUT2D eigenvalue weighted by Gasteiger charge is 2.31. The van der Waals surface area contributed by atoms with Crippen LogP contribution < -0.4 is 10.1 Å². The van der Waals surface area contributed by atoms with Gasteiger partial charge in [0.15, 0.2) is 12.3 Å². The Kier molecular flexibility index (Phi) is 6.84. The summed E-state index contributed by atoms with van der Waals surface area (Å²) in [5, 5.41) is 2.73. The van der Waals surface area contributed by atoms with Gasteiger partial charge in [-0.15, -0.1) is 0 Å². The van der Waals surface area contributed by atoms with Gasteiger partial charge in [-0.3, -0.25) is 9.59 Å². The summed E-state index contributed by atoms with van der Waals surface area (Å²) >= 11 is 0. The number of carbonyl (C=O) groups excluding carboxylic acids is 2. The summed E-state index contributed by atoms with van der Waals surface area (Å²) in [6, 6.07) is 19.4. The fourth-order valence-electron chi connectivity index (χ4n) is 4.45. The van der Waals surface area contributed by atoms with Gasteiger partial charge in [-0.05, 0) is 47.4 Å². The molecule has 1 aliphatic heterocycles. The number of furan rings is 1. The van der Waals surface area contributed by atoms with Gasteiger partial charge in [0.2, 0.25) is 11.8 Å². The molecule has 2 aromatic heterocycles. The number of aromatic nitrogens is 1. The Morgan fingerprint density at radius 2 is 1.97 bits per heavy atom. The number of oxazole rings is 1. The Hall–Kier alpha value is -4.33. The zero-order valence-electron chi connectivity index (χ0n) is 20.0. The van der Waals surface area contributed by atoms with E-state index in [0.717, 1.165) is 17.5 Å². The van der Waals surface area contributed by atoms with Gasteiger partial charge in [0.1, 0.15) is 17.8 Å². The van der Waals surface area contributed by atoms with Gasteiger partial charge < -0.3 is 23.8 Å². The molecule has 0 spiro atoms. The molecule has 0 bridgehead atoms. The Labute approximate surface area is 208 Å². The van der Waals surface area contributed by atoms with Crippen molar-refractivity contribution in [1.82, 2.24) is 15.2 Å². The zero-order valence-corrected chi connectivity index (χ0v) is 20.0. The molecule has 8 nitrogen and oxygen atoms in total. The molecular formula is C28H27N3O5. The number of hydrogen-bond acceptors (Lipinski definition) is 6. The molecule has 0 saturated carbocycles. The summed E-state index contributed by atoms with van der Waals surface area (Å²) in [6.07, 6.45) is 4.11. The fraction of sp³-hybridized carbons (Fsp3) is 0.250. The highest BCUT2D eigenvalue weighted by atomic mass is 16.5. The van der Waals surface area contributed by atoms with Crippen LogP contribution in [0.15, 0.2) is 82.0 Å². The van der Waals surface area contributed by atoms with E-state index in [0.29, 0.717) is 30.4 Å². The lowest BCUT2D eigenvalue weighted by molar-refractivity contribution is -0.132. The third-order valence-electron chi connectivity index (χ3n) is 6.23. The first-order valence-electron chi connectivity index (χ1n) is 12.0. The second-order valence-corrected chi connectivity index (χ2v) is 8.54. The largest absolute Gasteiger partial charge is 0.484 e. The van der Waals surface area contributed by atoms with Crippen LogP contribution in [0.1, 0.15) is 58.2 Å². The van der Waals surface area contributed by atoms with Crippen molar-refractivity contribution in [1.29, 1.82) is 0 Å². The van der Waals surface area contributed by atoms with Crippen molar-refractivity contribution in [3.63, 3.8) is 0 Å². The molecule has 0 aliphatic carbocycles. The monoisotopic (exact) mass is 485 g/mol. The van der Waals surface area contributed by atoms with E-state index >= 15 is 0 Å². The molecule has 36 heavy (non-hydrogen) atoms. The molecule has 2 aromatic carbocycles. The lowest BCUT2D eigenvalue weighted by atomic mass is 9.87.